The van der Waals surface area contributed by atoms with Crippen molar-refractivity contribution in [1.29, 1.82) is 0 Å². The molecular formula is C16H19BrO4. The van der Waals surface area contributed by atoms with Crippen molar-refractivity contribution in [2.24, 2.45) is 5.41 Å². The molecule has 5 heteroatoms. The molecule has 0 aromatic heterocycles. The van der Waals surface area contributed by atoms with Gasteiger partial charge in [-0.3, -0.25) is 9.59 Å². The molecule has 0 radical (unpaired) electrons. The van der Waals surface area contributed by atoms with E-state index in [4.69, 9.17) is 9.47 Å². The van der Waals surface area contributed by atoms with E-state index in [1.165, 1.54) is 0 Å². The summed E-state index contributed by atoms with van der Waals surface area (Å²) in [5.74, 6) is -1.39. The fourth-order valence-corrected chi connectivity index (χ4v) is 2.81. The molecule has 1 aromatic rings. The lowest BCUT2D eigenvalue weighted by Gasteiger charge is -2.46. The summed E-state index contributed by atoms with van der Waals surface area (Å²) >= 11 is 3.40. The van der Waals surface area contributed by atoms with E-state index in [2.05, 4.69) is 15.9 Å². The maximum Gasteiger partial charge on any atom is 0.224 e. The molecule has 0 bridgehead atoms. The molecule has 1 aromatic carbocycles. The third kappa shape index (κ3) is 3.78. The van der Waals surface area contributed by atoms with Crippen molar-refractivity contribution in [1.82, 2.24) is 0 Å². The molecule has 4 nitrogen and oxygen atoms in total. The van der Waals surface area contributed by atoms with Gasteiger partial charge in [-0.25, -0.2) is 0 Å². The summed E-state index contributed by atoms with van der Waals surface area (Å²) in [6.07, 6.45) is 0.148. The molecule has 1 saturated heterocycles. The molecule has 1 aliphatic rings. The quantitative estimate of drug-likeness (QED) is 0.616. The molecular weight excluding hydrogens is 336 g/mol. The van der Waals surface area contributed by atoms with Gasteiger partial charge in [0.15, 0.2) is 12.1 Å². The molecule has 0 spiro atoms. The number of halogens is 1. The third-order valence-electron chi connectivity index (χ3n) is 3.68. The average Bonchev–Trinajstić information content (AvgIpc) is 2.44. The minimum atomic E-state index is -0.859. The largest absolute Gasteiger partial charge is 0.350 e. The van der Waals surface area contributed by atoms with Crippen LogP contribution < -0.4 is 0 Å². The van der Waals surface area contributed by atoms with Crippen LogP contribution in [0.1, 0.15) is 26.3 Å². The number of rotatable bonds is 4. The van der Waals surface area contributed by atoms with E-state index < -0.39 is 23.1 Å². The fraction of sp³-hybridized carbons (Fsp3) is 0.500. The fourth-order valence-electron chi connectivity index (χ4n) is 2.55. The Hall–Kier alpha value is -1.04. The molecule has 114 valence electrons. The number of carbonyl (C=O) groups excluding carboxylic acids is 2. The van der Waals surface area contributed by atoms with Crippen molar-refractivity contribution in [3.63, 3.8) is 0 Å². The summed E-state index contributed by atoms with van der Waals surface area (Å²) in [5.41, 5.74) is 0.498. The Bertz CT molecular complexity index is 538. The number of aldehydes is 1. The van der Waals surface area contributed by atoms with Crippen molar-refractivity contribution in [2.45, 2.75) is 39.1 Å². The topological polar surface area (TPSA) is 52.6 Å². The van der Waals surface area contributed by atoms with Crippen LogP contribution in [0.3, 0.4) is 0 Å². The second-order valence-corrected chi connectivity index (χ2v) is 7.08. The van der Waals surface area contributed by atoms with Crippen LogP contribution in [0, 0.1) is 5.41 Å². The first kappa shape index (κ1) is 16.3. The van der Waals surface area contributed by atoms with Crippen LogP contribution in [0.2, 0.25) is 0 Å². The number of Topliss-reactive ketones (excluding diaryl/α,β-unsaturated/α-hetero) is 1. The van der Waals surface area contributed by atoms with Crippen molar-refractivity contribution in [3.8, 4) is 0 Å². The van der Waals surface area contributed by atoms with E-state index in [0.717, 1.165) is 10.0 Å². The first-order valence-electron chi connectivity index (χ1n) is 6.81. The van der Waals surface area contributed by atoms with Gasteiger partial charge in [-0.05, 0) is 38.0 Å². The van der Waals surface area contributed by atoms with Gasteiger partial charge in [0, 0.05) is 9.89 Å². The SMILES string of the molecule is CC1(C)OCC(C)(Cc2ccc(Br)cc2)C(C(=O)C=O)O1. The Morgan fingerprint density at radius 2 is 1.95 bits per heavy atom. The van der Waals surface area contributed by atoms with Gasteiger partial charge in [-0.15, -0.1) is 0 Å². The van der Waals surface area contributed by atoms with Crippen LogP contribution in [0.25, 0.3) is 0 Å². The van der Waals surface area contributed by atoms with Crippen LogP contribution in [-0.4, -0.2) is 30.6 Å². The van der Waals surface area contributed by atoms with Crippen molar-refractivity contribution >= 4 is 28.0 Å². The minimum Gasteiger partial charge on any atom is -0.350 e. The summed E-state index contributed by atoms with van der Waals surface area (Å²) in [7, 11) is 0. The van der Waals surface area contributed by atoms with Crippen LogP contribution in [0.5, 0.6) is 0 Å². The van der Waals surface area contributed by atoms with Gasteiger partial charge >= 0.3 is 0 Å². The Labute approximate surface area is 132 Å². The van der Waals surface area contributed by atoms with Crippen LogP contribution >= 0.6 is 15.9 Å². The smallest absolute Gasteiger partial charge is 0.224 e. The first-order valence-corrected chi connectivity index (χ1v) is 7.60. The van der Waals surface area contributed by atoms with E-state index >= 15 is 0 Å². The van der Waals surface area contributed by atoms with Gasteiger partial charge in [0.05, 0.1) is 6.61 Å². The molecule has 2 atom stereocenters. The Morgan fingerprint density at radius 1 is 1.33 bits per heavy atom. The highest BCUT2D eigenvalue weighted by atomic mass is 79.9. The number of ketones is 1. The lowest BCUT2D eigenvalue weighted by atomic mass is 9.76. The lowest BCUT2D eigenvalue weighted by molar-refractivity contribution is -0.305. The summed E-state index contributed by atoms with van der Waals surface area (Å²) in [4.78, 5) is 22.9. The van der Waals surface area contributed by atoms with E-state index in [-0.39, 0.29) is 0 Å². The maximum absolute atomic E-state index is 12.0. The molecule has 0 saturated carbocycles. The molecule has 1 fully saturated rings. The summed E-state index contributed by atoms with van der Waals surface area (Å²) in [6.45, 7) is 5.77. The van der Waals surface area contributed by atoms with Crippen LogP contribution in [0.15, 0.2) is 28.7 Å². The van der Waals surface area contributed by atoms with Gasteiger partial charge in [-0.1, -0.05) is 35.0 Å². The van der Waals surface area contributed by atoms with Gasteiger partial charge in [0.2, 0.25) is 5.78 Å². The predicted octanol–water partition coefficient (Wildman–Crippen LogP) is 2.92. The second-order valence-electron chi connectivity index (χ2n) is 6.16. The zero-order valence-corrected chi connectivity index (χ0v) is 14.0. The lowest BCUT2D eigenvalue weighted by Crippen LogP contribution is -2.56. The highest BCUT2D eigenvalue weighted by Crippen LogP contribution is 2.38. The Balaban J connectivity index is 2.26. The number of ether oxygens (including phenoxy) is 2. The predicted molar refractivity (Wildman–Crippen MR) is 81.9 cm³/mol. The molecule has 0 amide bonds. The highest BCUT2D eigenvalue weighted by Gasteiger charge is 2.48. The first-order chi connectivity index (χ1) is 9.76. The standard InChI is InChI=1S/C16H19BrO4/c1-15(2)20-10-16(3,14(21-15)13(19)9-18)8-11-4-6-12(17)7-5-11/h4-7,9,14H,8,10H2,1-3H3. The van der Waals surface area contributed by atoms with Gasteiger partial charge in [0.1, 0.15) is 6.10 Å². The molecule has 2 unspecified atom stereocenters. The monoisotopic (exact) mass is 354 g/mol. The van der Waals surface area contributed by atoms with Gasteiger partial charge in [-0.2, -0.15) is 0 Å². The number of benzene rings is 1. The highest BCUT2D eigenvalue weighted by molar-refractivity contribution is 9.10. The zero-order valence-electron chi connectivity index (χ0n) is 12.4. The van der Waals surface area contributed by atoms with E-state index in [9.17, 15) is 9.59 Å². The van der Waals surface area contributed by atoms with E-state index in [1.807, 2.05) is 31.2 Å². The number of hydrogen-bond acceptors (Lipinski definition) is 4. The van der Waals surface area contributed by atoms with Crippen molar-refractivity contribution in [3.05, 3.63) is 34.3 Å². The Morgan fingerprint density at radius 3 is 2.52 bits per heavy atom. The molecule has 0 N–H and O–H groups in total. The summed E-state index contributed by atoms with van der Waals surface area (Å²) in [5, 5.41) is 0. The van der Waals surface area contributed by atoms with E-state index in [0.29, 0.717) is 19.3 Å². The van der Waals surface area contributed by atoms with Crippen LogP contribution in [-0.2, 0) is 25.5 Å². The summed E-state index contributed by atoms with van der Waals surface area (Å²) in [6, 6.07) is 7.86. The molecule has 1 heterocycles. The van der Waals surface area contributed by atoms with Gasteiger partial charge in [0.25, 0.3) is 0 Å². The number of carbonyl (C=O) groups is 2. The maximum atomic E-state index is 12.0. The van der Waals surface area contributed by atoms with E-state index in [1.54, 1.807) is 13.8 Å². The second kappa shape index (κ2) is 5.99. The summed E-state index contributed by atoms with van der Waals surface area (Å²) < 4.78 is 12.4. The van der Waals surface area contributed by atoms with Crippen molar-refractivity contribution < 1.29 is 19.1 Å². The molecule has 21 heavy (non-hydrogen) atoms. The molecule has 0 aliphatic carbocycles. The zero-order chi connectivity index (χ0) is 15.7. The Kier molecular flexibility index (Phi) is 4.66. The molecule has 2 rings (SSSR count). The minimum absolute atomic E-state index is 0.339. The van der Waals surface area contributed by atoms with Gasteiger partial charge < -0.3 is 9.47 Å². The number of hydrogen-bond donors (Lipinski definition) is 0. The van der Waals surface area contributed by atoms with Crippen LogP contribution in [0.4, 0.5) is 0 Å². The third-order valence-corrected chi connectivity index (χ3v) is 4.21. The normalized spacial score (nSPS) is 28.1. The average molecular weight is 355 g/mol. The molecule has 1 aliphatic heterocycles. The van der Waals surface area contributed by atoms with Crippen molar-refractivity contribution in [2.75, 3.05) is 6.61 Å².